The predicted octanol–water partition coefficient (Wildman–Crippen LogP) is 1.24. The standard InChI is InChI=1S/C17H17FN4O4/c1-9(15(23)20-17(19)25)26-16(24)14-12-3-2-4-13(12)22(21-14)11-7-5-10(18)6-8-11/h5-9H,2-4H2,1H3,(H3,19,20,23,25). The number of aromatic nitrogens is 2. The number of ether oxygens (including phenoxy) is 1. The van der Waals surface area contributed by atoms with Gasteiger partial charge >= 0.3 is 12.0 Å². The van der Waals surface area contributed by atoms with Crippen molar-refractivity contribution >= 4 is 17.9 Å². The molecule has 0 radical (unpaired) electrons. The summed E-state index contributed by atoms with van der Waals surface area (Å²) in [5.41, 5.74) is 7.22. The quantitative estimate of drug-likeness (QED) is 0.796. The third kappa shape index (κ3) is 3.41. The van der Waals surface area contributed by atoms with Crippen molar-refractivity contribution in [2.45, 2.75) is 32.3 Å². The van der Waals surface area contributed by atoms with E-state index in [1.54, 1.807) is 16.8 Å². The van der Waals surface area contributed by atoms with Gasteiger partial charge in [-0.2, -0.15) is 5.10 Å². The zero-order chi connectivity index (χ0) is 18.8. The number of rotatable bonds is 4. The molecule has 3 N–H and O–H groups in total. The van der Waals surface area contributed by atoms with Crippen LogP contribution >= 0.6 is 0 Å². The van der Waals surface area contributed by atoms with Crippen LogP contribution in [0.4, 0.5) is 9.18 Å². The average molecular weight is 360 g/mol. The number of halogens is 1. The van der Waals surface area contributed by atoms with E-state index in [0.717, 1.165) is 24.1 Å². The minimum Gasteiger partial charge on any atom is -0.448 e. The first-order valence-corrected chi connectivity index (χ1v) is 8.05. The van der Waals surface area contributed by atoms with Crippen molar-refractivity contribution in [1.29, 1.82) is 0 Å². The lowest BCUT2D eigenvalue weighted by molar-refractivity contribution is -0.127. The number of nitrogens with one attached hydrogen (secondary N) is 1. The van der Waals surface area contributed by atoms with Gasteiger partial charge in [0, 0.05) is 11.3 Å². The van der Waals surface area contributed by atoms with Gasteiger partial charge in [0.25, 0.3) is 5.91 Å². The highest BCUT2D eigenvalue weighted by atomic mass is 19.1. The van der Waals surface area contributed by atoms with Gasteiger partial charge in [-0.1, -0.05) is 0 Å². The molecule has 26 heavy (non-hydrogen) atoms. The van der Waals surface area contributed by atoms with Crippen LogP contribution < -0.4 is 11.1 Å². The first-order chi connectivity index (χ1) is 12.4. The molecule has 1 heterocycles. The largest absolute Gasteiger partial charge is 0.448 e. The van der Waals surface area contributed by atoms with Gasteiger partial charge in [0.1, 0.15) is 5.82 Å². The van der Waals surface area contributed by atoms with Crippen molar-refractivity contribution in [2.24, 2.45) is 5.73 Å². The molecule has 0 saturated heterocycles. The maximum absolute atomic E-state index is 13.1. The van der Waals surface area contributed by atoms with E-state index in [-0.39, 0.29) is 11.5 Å². The molecule has 0 bridgehead atoms. The van der Waals surface area contributed by atoms with Crippen molar-refractivity contribution < 1.29 is 23.5 Å². The Bertz CT molecular complexity index is 876. The van der Waals surface area contributed by atoms with Crippen LogP contribution in [0.3, 0.4) is 0 Å². The van der Waals surface area contributed by atoms with E-state index in [1.165, 1.54) is 19.1 Å². The molecule has 9 heteroatoms. The number of hydrogen-bond donors (Lipinski definition) is 2. The number of urea groups is 1. The Kier molecular flexibility index (Phi) is 4.70. The summed E-state index contributed by atoms with van der Waals surface area (Å²) in [6, 6.07) is 4.73. The number of primary amides is 1. The third-order valence-electron chi connectivity index (χ3n) is 4.09. The number of carbonyl (C=O) groups excluding carboxylic acids is 3. The Morgan fingerprint density at radius 3 is 2.62 bits per heavy atom. The monoisotopic (exact) mass is 360 g/mol. The number of carbonyl (C=O) groups is 3. The molecule has 0 saturated carbocycles. The molecule has 1 atom stereocenters. The number of nitrogens with zero attached hydrogens (tertiary/aromatic N) is 2. The molecule has 136 valence electrons. The minimum atomic E-state index is -1.21. The molecule has 3 rings (SSSR count). The van der Waals surface area contributed by atoms with E-state index in [2.05, 4.69) is 5.10 Å². The minimum absolute atomic E-state index is 0.112. The van der Waals surface area contributed by atoms with Gasteiger partial charge in [-0.3, -0.25) is 10.1 Å². The summed E-state index contributed by atoms with van der Waals surface area (Å²) >= 11 is 0. The second-order valence-corrected chi connectivity index (χ2v) is 5.92. The second kappa shape index (κ2) is 6.95. The molecule has 8 nitrogen and oxygen atoms in total. The predicted molar refractivity (Wildman–Crippen MR) is 88.2 cm³/mol. The number of amides is 3. The van der Waals surface area contributed by atoms with Gasteiger partial charge in [-0.05, 0) is 50.5 Å². The fourth-order valence-electron chi connectivity index (χ4n) is 2.89. The Balaban J connectivity index is 1.85. The van der Waals surface area contributed by atoms with Crippen molar-refractivity contribution in [3.8, 4) is 5.69 Å². The third-order valence-corrected chi connectivity index (χ3v) is 4.09. The number of nitrogens with two attached hydrogens (primary N) is 1. The fourth-order valence-corrected chi connectivity index (χ4v) is 2.89. The summed E-state index contributed by atoms with van der Waals surface area (Å²) in [7, 11) is 0. The first kappa shape index (κ1) is 17.6. The molecule has 1 aromatic heterocycles. The molecule has 0 spiro atoms. The average Bonchev–Trinajstić information content (AvgIpc) is 3.17. The second-order valence-electron chi connectivity index (χ2n) is 5.92. The van der Waals surface area contributed by atoms with E-state index in [9.17, 15) is 18.8 Å². The number of hydrogen-bond acceptors (Lipinski definition) is 5. The van der Waals surface area contributed by atoms with Crippen LogP contribution in [0.2, 0.25) is 0 Å². The molecular formula is C17H17FN4O4. The maximum Gasteiger partial charge on any atom is 0.359 e. The molecule has 1 aliphatic rings. The highest BCUT2D eigenvalue weighted by Gasteiger charge is 2.30. The van der Waals surface area contributed by atoms with Crippen LogP contribution in [0, 0.1) is 5.82 Å². The van der Waals surface area contributed by atoms with E-state index >= 15 is 0 Å². The lowest BCUT2D eigenvalue weighted by Crippen LogP contribution is -2.42. The van der Waals surface area contributed by atoms with E-state index < -0.39 is 24.0 Å². The van der Waals surface area contributed by atoms with Gasteiger partial charge < -0.3 is 10.5 Å². The molecule has 1 unspecified atom stereocenters. The number of benzene rings is 1. The van der Waals surface area contributed by atoms with Gasteiger partial charge in [-0.25, -0.2) is 18.7 Å². The lowest BCUT2D eigenvalue weighted by Gasteiger charge is -2.11. The summed E-state index contributed by atoms with van der Waals surface area (Å²) in [5.74, 6) is -1.96. The fraction of sp³-hybridized carbons (Fsp3) is 0.294. The Morgan fingerprint density at radius 2 is 1.96 bits per heavy atom. The highest BCUT2D eigenvalue weighted by molar-refractivity contribution is 5.98. The van der Waals surface area contributed by atoms with Crippen molar-refractivity contribution in [2.75, 3.05) is 0 Å². The van der Waals surface area contributed by atoms with Crippen LogP contribution in [0.15, 0.2) is 24.3 Å². The summed E-state index contributed by atoms with van der Waals surface area (Å²) in [6.45, 7) is 1.33. The molecule has 2 aromatic rings. The van der Waals surface area contributed by atoms with E-state index in [0.29, 0.717) is 12.1 Å². The van der Waals surface area contributed by atoms with Crippen molar-refractivity contribution in [3.05, 3.63) is 47.0 Å². The Morgan fingerprint density at radius 1 is 1.27 bits per heavy atom. The van der Waals surface area contributed by atoms with Crippen LogP contribution in [-0.4, -0.2) is 33.8 Å². The number of esters is 1. The zero-order valence-corrected chi connectivity index (χ0v) is 14.0. The molecule has 0 aliphatic heterocycles. The van der Waals surface area contributed by atoms with E-state index in [4.69, 9.17) is 10.5 Å². The lowest BCUT2D eigenvalue weighted by atomic mass is 10.2. The molecular weight excluding hydrogens is 343 g/mol. The van der Waals surface area contributed by atoms with Crippen LogP contribution in [0.5, 0.6) is 0 Å². The Labute approximate surface area is 148 Å². The summed E-state index contributed by atoms with van der Waals surface area (Å²) in [5, 5.41) is 6.15. The van der Waals surface area contributed by atoms with Gasteiger partial charge in [-0.15, -0.1) is 0 Å². The molecule has 0 fully saturated rings. The molecule has 1 aliphatic carbocycles. The van der Waals surface area contributed by atoms with Crippen LogP contribution in [0.25, 0.3) is 5.69 Å². The van der Waals surface area contributed by atoms with Gasteiger partial charge in [0.2, 0.25) is 0 Å². The number of fused-ring (bicyclic) bond motifs is 1. The summed E-state index contributed by atoms with van der Waals surface area (Å²) in [6.07, 6.45) is 1.03. The molecule has 1 aromatic carbocycles. The molecule has 3 amide bonds. The Hall–Kier alpha value is -3.23. The van der Waals surface area contributed by atoms with Gasteiger partial charge in [0.05, 0.1) is 5.69 Å². The smallest absolute Gasteiger partial charge is 0.359 e. The summed E-state index contributed by atoms with van der Waals surface area (Å²) < 4.78 is 19.8. The van der Waals surface area contributed by atoms with Crippen molar-refractivity contribution in [3.63, 3.8) is 0 Å². The topological polar surface area (TPSA) is 116 Å². The zero-order valence-electron chi connectivity index (χ0n) is 14.0. The highest BCUT2D eigenvalue weighted by Crippen LogP contribution is 2.28. The van der Waals surface area contributed by atoms with Crippen molar-refractivity contribution in [1.82, 2.24) is 15.1 Å². The number of imide groups is 1. The normalized spacial score (nSPS) is 13.8. The van der Waals surface area contributed by atoms with E-state index in [1.807, 2.05) is 5.32 Å². The summed E-state index contributed by atoms with van der Waals surface area (Å²) in [4.78, 5) is 34.8. The SMILES string of the molecule is CC(OC(=O)c1nn(-c2ccc(F)cc2)c2c1CCC2)C(=O)NC(N)=O. The van der Waals surface area contributed by atoms with Crippen LogP contribution in [-0.2, 0) is 22.4 Å². The van der Waals surface area contributed by atoms with Gasteiger partial charge in [0.15, 0.2) is 11.8 Å². The first-order valence-electron chi connectivity index (χ1n) is 8.05. The van der Waals surface area contributed by atoms with Crippen LogP contribution in [0.1, 0.15) is 35.1 Å². The maximum atomic E-state index is 13.1.